The van der Waals surface area contributed by atoms with Crippen molar-refractivity contribution < 1.29 is 4.79 Å². The van der Waals surface area contributed by atoms with Gasteiger partial charge in [0.05, 0.1) is 0 Å². The maximum atomic E-state index is 12.2. The lowest BCUT2D eigenvalue weighted by Gasteiger charge is -2.20. The lowest BCUT2D eigenvalue weighted by atomic mass is 9.82. The van der Waals surface area contributed by atoms with Crippen LogP contribution >= 0.6 is 0 Å². The third kappa shape index (κ3) is 2.47. The Hall–Kier alpha value is -1.11. The number of carbonyl (C=O) groups excluding carboxylic acids is 1. The number of ketones is 1. The van der Waals surface area contributed by atoms with Crippen molar-refractivity contribution >= 4 is 5.78 Å². The number of benzene rings is 1. The number of Topliss-reactive ketones (excluding diaryl/α,β-unsaturated/α-hetero) is 1. The Morgan fingerprint density at radius 3 is 1.73 bits per heavy atom. The zero-order chi connectivity index (χ0) is 11.8. The van der Waals surface area contributed by atoms with E-state index in [1.165, 1.54) is 5.56 Å². The van der Waals surface area contributed by atoms with E-state index in [1.54, 1.807) is 0 Å². The van der Waals surface area contributed by atoms with Crippen molar-refractivity contribution in [3.63, 3.8) is 0 Å². The fourth-order valence-electron chi connectivity index (χ4n) is 1.91. The summed E-state index contributed by atoms with van der Waals surface area (Å²) in [6.45, 7) is 12.0. The summed E-state index contributed by atoms with van der Waals surface area (Å²) in [5.41, 5.74) is 3.99. The van der Waals surface area contributed by atoms with Crippen molar-refractivity contribution in [2.45, 2.75) is 41.5 Å². The van der Waals surface area contributed by atoms with Gasteiger partial charge >= 0.3 is 0 Å². The molecule has 0 spiro atoms. The van der Waals surface area contributed by atoms with Crippen molar-refractivity contribution in [2.24, 2.45) is 5.41 Å². The fourth-order valence-corrected chi connectivity index (χ4v) is 1.91. The molecule has 0 heterocycles. The van der Waals surface area contributed by atoms with Gasteiger partial charge in [0.1, 0.15) is 0 Å². The first-order chi connectivity index (χ1) is 6.73. The van der Waals surface area contributed by atoms with E-state index in [4.69, 9.17) is 0 Å². The highest BCUT2D eigenvalue weighted by atomic mass is 16.1. The van der Waals surface area contributed by atoms with Gasteiger partial charge in [-0.05, 0) is 31.9 Å². The molecule has 82 valence electrons. The van der Waals surface area contributed by atoms with Gasteiger partial charge in [0, 0.05) is 11.0 Å². The van der Waals surface area contributed by atoms with Gasteiger partial charge in [-0.2, -0.15) is 0 Å². The molecule has 0 aliphatic heterocycles. The monoisotopic (exact) mass is 204 g/mol. The highest BCUT2D eigenvalue weighted by Gasteiger charge is 2.25. The molecule has 0 aromatic heterocycles. The summed E-state index contributed by atoms with van der Waals surface area (Å²) in [4.78, 5) is 12.2. The van der Waals surface area contributed by atoms with Gasteiger partial charge in [0.2, 0.25) is 0 Å². The van der Waals surface area contributed by atoms with Crippen LogP contribution in [0.5, 0.6) is 0 Å². The molecular formula is C14H20O. The van der Waals surface area contributed by atoms with Crippen molar-refractivity contribution in [2.75, 3.05) is 0 Å². The van der Waals surface area contributed by atoms with Crippen LogP contribution in [0, 0.1) is 26.2 Å². The summed E-state index contributed by atoms with van der Waals surface area (Å²) in [6.07, 6.45) is 0. The minimum atomic E-state index is -0.301. The van der Waals surface area contributed by atoms with Crippen molar-refractivity contribution in [1.82, 2.24) is 0 Å². The molecule has 0 bridgehead atoms. The Balaban J connectivity index is 3.33. The highest BCUT2D eigenvalue weighted by Crippen LogP contribution is 2.26. The van der Waals surface area contributed by atoms with Crippen molar-refractivity contribution in [3.05, 3.63) is 34.4 Å². The predicted molar refractivity (Wildman–Crippen MR) is 64.4 cm³/mol. The van der Waals surface area contributed by atoms with E-state index < -0.39 is 0 Å². The largest absolute Gasteiger partial charge is 0.294 e. The lowest BCUT2D eigenvalue weighted by molar-refractivity contribution is 0.0857. The summed E-state index contributed by atoms with van der Waals surface area (Å²) in [6, 6.07) is 4.15. The molecule has 1 nitrogen and oxygen atoms in total. The fraction of sp³-hybridized carbons (Fsp3) is 0.500. The Morgan fingerprint density at radius 1 is 1.00 bits per heavy atom. The topological polar surface area (TPSA) is 17.1 Å². The molecule has 15 heavy (non-hydrogen) atoms. The Morgan fingerprint density at radius 2 is 1.40 bits per heavy atom. The van der Waals surface area contributed by atoms with Crippen LogP contribution in [0.2, 0.25) is 0 Å². The maximum absolute atomic E-state index is 12.2. The van der Waals surface area contributed by atoms with Gasteiger partial charge in [0.25, 0.3) is 0 Å². The average Bonchev–Trinajstić information content (AvgIpc) is 1.99. The second-order valence-corrected chi connectivity index (χ2v) is 5.35. The summed E-state index contributed by atoms with van der Waals surface area (Å²) >= 11 is 0. The first-order valence-corrected chi connectivity index (χ1v) is 5.36. The number of hydrogen-bond acceptors (Lipinski definition) is 1. The SMILES string of the molecule is Cc1cc(C)c(C(=O)C(C)(C)C)c(C)c1. The minimum Gasteiger partial charge on any atom is -0.294 e. The normalized spacial score (nSPS) is 11.6. The Kier molecular flexibility index (Phi) is 3.03. The number of rotatable bonds is 1. The quantitative estimate of drug-likeness (QED) is 0.635. The molecule has 0 aliphatic rings. The number of hydrogen-bond donors (Lipinski definition) is 0. The molecule has 1 aromatic rings. The summed E-state index contributed by atoms with van der Waals surface area (Å²) in [5, 5.41) is 0. The van der Waals surface area contributed by atoms with E-state index in [9.17, 15) is 4.79 Å². The molecule has 0 saturated heterocycles. The molecule has 1 aromatic carbocycles. The van der Waals surface area contributed by atoms with Crippen LogP contribution in [0.1, 0.15) is 47.8 Å². The van der Waals surface area contributed by atoms with E-state index >= 15 is 0 Å². The third-order valence-electron chi connectivity index (χ3n) is 2.59. The second-order valence-electron chi connectivity index (χ2n) is 5.35. The molecule has 0 atom stereocenters. The lowest BCUT2D eigenvalue weighted by Crippen LogP contribution is -2.22. The summed E-state index contributed by atoms with van der Waals surface area (Å²) in [7, 11) is 0. The number of carbonyl (C=O) groups is 1. The van der Waals surface area contributed by atoms with Gasteiger partial charge in [-0.1, -0.05) is 38.5 Å². The average molecular weight is 204 g/mol. The molecular weight excluding hydrogens is 184 g/mol. The van der Waals surface area contributed by atoms with Gasteiger partial charge in [-0.3, -0.25) is 4.79 Å². The van der Waals surface area contributed by atoms with Crippen LogP contribution in [0.4, 0.5) is 0 Å². The van der Waals surface area contributed by atoms with E-state index in [0.29, 0.717) is 0 Å². The first-order valence-electron chi connectivity index (χ1n) is 5.36. The van der Waals surface area contributed by atoms with E-state index in [0.717, 1.165) is 16.7 Å². The van der Waals surface area contributed by atoms with Crippen LogP contribution in [-0.2, 0) is 0 Å². The van der Waals surface area contributed by atoms with Crippen molar-refractivity contribution in [3.8, 4) is 0 Å². The second kappa shape index (κ2) is 3.80. The first kappa shape index (κ1) is 12.0. The van der Waals surface area contributed by atoms with E-state index in [2.05, 4.69) is 19.1 Å². The van der Waals surface area contributed by atoms with Crippen molar-refractivity contribution in [1.29, 1.82) is 0 Å². The zero-order valence-corrected chi connectivity index (χ0v) is 10.6. The molecule has 0 fully saturated rings. The zero-order valence-electron chi connectivity index (χ0n) is 10.6. The molecule has 1 rings (SSSR count). The minimum absolute atomic E-state index is 0.234. The summed E-state index contributed by atoms with van der Waals surface area (Å²) in [5.74, 6) is 0.234. The third-order valence-corrected chi connectivity index (χ3v) is 2.59. The molecule has 0 N–H and O–H groups in total. The van der Waals surface area contributed by atoms with Gasteiger partial charge in [0.15, 0.2) is 5.78 Å². The van der Waals surface area contributed by atoms with Crippen LogP contribution in [-0.4, -0.2) is 5.78 Å². The highest BCUT2D eigenvalue weighted by molar-refractivity contribution is 6.02. The van der Waals surface area contributed by atoms with Crippen LogP contribution in [0.15, 0.2) is 12.1 Å². The van der Waals surface area contributed by atoms with Gasteiger partial charge in [-0.15, -0.1) is 0 Å². The number of aryl methyl sites for hydroxylation is 3. The molecule has 0 saturated carbocycles. The Bertz CT molecular complexity index is 371. The molecule has 0 unspecified atom stereocenters. The smallest absolute Gasteiger partial charge is 0.168 e. The van der Waals surface area contributed by atoms with Crippen LogP contribution in [0.3, 0.4) is 0 Å². The molecule has 0 amide bonds. The molecule has 1 heteroatoms. The van der Waals surface area contributed by atoms with Crippen LogP contribution < -0.4 is 0 Å². The molecule has 0 radical (unpaired) electrons. The van der Waals surface area contributed by atoms with Gasteiger partial charge < -0.3 is 0 Å². The maximum Gasteiger partial charge on any atom is 0.168 e. The van der Waals surface area contributed by atoms with Gasteiger partial charge in [-0.25, -0.2) is 0 Å². The Labute approximate surface area is 92.5 Å². The van der Waals surface area contributed by atoms with Crippen LogP contribution in [0.25, 0.3) is 0 Å². The summed E-state index contributed by atoms with van der Waals surface area (Å²) < 4.78 is 0. The predicted octanol–water partition coefficient (Wildman–Crippen LogP) is 3.84. The van der Waals surface area contributed by atoms with E-state index in [1.807, 2.05) is 34.6 Å². The van der Waals surface area contributed by atoms with E-state index in [-0.39, 0.29) is 11.2 Å². The standard InChI is InChI=1S/C14H20O/c1-9-7-10(2)12(11(3)8-9)13(15)14(4,5)6/h7-8H,1-6H3. The molecule has 0 aliphatic carbocycles.